The zero-order chi connectivity index (χ0) is 19.4. The lowest BCUT2D eigenvalue weighted by molar-refractivity contribution is -0.0812. The van der Waals surface area contributed by atoms with Gasteiger partial charge in [-0.3, -0.25) is 0 Å². The molecule has 0 amide bonds. The standard InChI is InChI=1S/C22H26O5/c1-22(2)14-26-21(27-22)17-9-6-8-16(13-17)19(23)12-11-15-7-4-5-10-18(15)20(24)25-3/h4-10,13,19,21,23H,11-12,14H2,1-3H3/t19?,21-/m0/s1. The van der Waals surface area contributed by atoms with Gasteiger partial charge in [-0.1, -0.05) is 36.4 Å². The van der Waals surface area contributed by atoms with Crippen molar-refractivity contribution >= 4 is 5.97 Å². The number of benzene rings is 2. The number of aryl methyl sites for hydroxylation is 1. The smallest absolute Gasteiger partial charge is 0.338 e. The summed E-state index contributed by atoms with van der Waals surface area (Å²) in [4.78, 5) is 11.9. The highest BCUT2D eigenvalue weighted by molar-refractivity contribution is 5.90. The van der Waals surface area contributed by atoms with Crippen LogP contribution < -0.4 is 0 Å². The Balaban J connectivity index is 1.68. The van der Waals surface area contributed by atoms with Gasteiger partial charge in [0.05, 0.1) is 31.0 Å². The van der Waals surface area contributed by atoms with Crippen LogP contribution in [0.1, 0.15) is 59.7 Å². The van der Waals surface area contributed by atoms with Crippen LogP contribution in [0.3, 0.4) is 0 Å². The van der Waals surface area contributed by atoms with E-state index in [9.17, 15) is 9.90 Å². The first-order valence-electron chi connectivity index (χ1n) is 9.13. The van der Waals surface area contributed by atoms with Gasteiger partial charge in [-0.2, -0.15) is 0 Å². The molecule has 1 saturated heterocycles. The predicted molar refractivity (Wildman–Crippen MR) is 101 cm³/mol. The summed E-state index contributed by atoms with van der Waals surface area (Å²) in [5.41, 5.74) is 2.79. The summed E-state index contributed by atoms with van der Waals surface area (Å²) in [6.45, 7) is 4.52. The van der Waals surface area contributed by atoms with E-state index in [0.29, 0.717) is 25.0 Å². The maximum absolute atomic E-state index is 11.9. The molecule has 0 spiro atoms. The van der Waals surface area contributed by atoms with Crippen molar-refractivity contribution in [3.8, 4) is 0 Å². The molecule has 0 saturated carbocycles. The van der Waals surface area contributed by atoms with Crippen LogP contribution in [0.2, 0.25) is 0 Å². The van der Waals surface area contributed by atoms with E-state index in [1.165, 1.54) is 7.11 Å². The Hall–Kier alpha value is -2.21. The van der Waals surface area contributed by atoms with Gasteiger partial charge in [-0.25, -0.2) is 4.79 Å². The predicted octanol–water partition coefficient (Wildman–Crippen LogP) is 3.96. The summed E-state index contributed by atoms with van der Waals surface area (Å²) in [6, 6.07) is 15.0. The van der Waals surface area contributed by atoms with Gasteiger partial charge in [-0.15, -0.1) is 0 Å². The molecule has 2 atom stereocenters. The quantitative estimate of drug-likeness (QED) is 0.780. The van der Waals surface area contributed by atoms with Crippen molar-refractivity contribution in [2.24, 2.45) is 0 Å². The molecule has 0 bridgehead atoms. The fourth-order valence-electron chi connectivity index (χ4n) is 3.22. The molecule has 5 heteroatoms. The van der Waals surface area contributed by atoms with Gasteiger partial charge in [-0.05, 0) is 49.9 Å². The van der Waals surface area contributed by atoms with Crippen molar-refractivity contribution in [3.05, 3.63) is 70.8 Å². The molecular formula is C22H26O5. The zero-order valence-corrected chi connectivity index (χ0v) is 16.0. The number of esters is 1. The first kappa shape index (κ1) is 19.5. The second-order valence-electron chi connectivity index (χ2n) is 7.39. The maximum Gasteiger partial charge on any atom is 0.338 e. The zero-order valence-electron chi connectivity index (χ0n) is 16.0. The van der Waals surface area contributed by atoms with E-state index in [1.54, 1.807) is 12.1 Å². The number of carbonyl (C=O) groups excluding carboxylic acids is 1. The van der Waals surface area contributed by atoms with Gasteiger partial charge < -0.3 is 19.3 Å². The number of aliphatic hydroxyl groups excluding tert-OH is 1. The van der Waals surface area contributed by atoms with Crippen molar-refractivity contribution in [2.75, 3.05) is 13.7 Å². The average Bonchev–Trinajstić information content (AvgIpc) is 3.05. The highest BCUT2D eigenvalue weighted by Crippen LogP contribution is 2.34. The van der Waals surface area contributed by atoms with Crippen molar-refractivity contribution < 1.29 is 24.1 Å². The normalized spacial score (nSPS) is 19.6. The molecular weight excluding hydrogens is 344 g/mol. The molecule has 0 aromatic heterocycles. The Labute approximate surface area is 159 Å². The van der Waals surface area contributed by atoms with Crippen LogP contribution in [0.25, 0.3) is 0 Å². The molecule has 1 aliphatic rings. The first-order chi connectivity index (χ1) is 12.9. The van der Waals surface area contributed by atoms with E-state index < -0.39 is 12.4 Å². The molecule has 1 aliphatic heterocycles. The molecule has 5 nitrogen and oxygen atoms in total. The molecule has 1 fully saturated rings. The third-order valence-corrected chi connectivity index (χ3v) is 4.69. The van der Waals surface area contributed by atoms with Gasteiger partial charge >= 0.3 is 5.97 Å². The van der Waals surface area contributed by atoms with E-state index >= 15 is 0 Å². The minimum atomic E-state index is -0.648. The van der Waals surface area contributed by atoms with E-state index in [2.05, 4.69) is 0 Å². The Morgan fingerprint density at radius 1 is 1.26 bits per heavy atom. The average molecular weight is 370 g/mol. The molecule has 1 heterocycles. The second-order valence-corrected chi connectivity index (χ2v) is 7.39. The number of methoxy groups -OCH3 is 1. The molecule has 2 aromatic rings. The van der Waals surface area contributed by atoms with Gasteiger partial charge in [0.2, 0.25) is 0 Å². The van der Waals surface area contributed by atoms with Gasteiger partial charge in [0.25, 0.3) is 0 Å². The Morgan fingerprint density at radius 2 is 2.04 bits per heavy atom. The number of rotatable bonds is 6. The lowest BCUT2D eigenvalue weighted by atomic mass is 9.97. The first-order valence-corrected chi connectivity index (χ1v) is 9.13. The monoisotopic (exact) mass is 370 g/mol. The minimum Gasteiger partial charge on any atom is -0.465 e. The Kier molecular flexibility index (Phi) is 5.95. The molecule has 144 valence electrons. The summed E-state index contributed by atoms with van der Waals surface area (Å²) in [6.07, 6.45) is 0.00686. The van der Waals surface area contributed by atoms with E-state index in [4.69, 9.17) is 14.2 Å². The fraction of sp³-hybridized carbons (Fsp3) is 0.409. The largest absolute Gasteiger partial charge is 0.465 e. The van der Waals surface area contributed by atoms with Crippen molar-refractivity contribution in [1.29, 1.82) is 0 Å². The molecule has 3 rings (SSSR count). The molecule has 2 aromatic carbocycles. The van der Waals surface area contributed by atoms with Gasteiger partial charge in [0, 0.05) is 5.56 Å². The molecule has 1 unspecified atom stereocenters. The highest BCUT2D eigenvalue weighted by Gasteiger charge is 2.33. The van der Waals surface area contributed by atoms with E-state index in [0.717, 1.165) is 16.7 Å². The Bertz CT molecular complexity index is 799. The molecule has 1 N–H and O–H groups in total. The van der Waals surface area contributed by atoms with Crippen molar-refractivity contribution in [1.82, 2.24) is 0 Å². The molecule has 0 aliphatic carbocycles. The number of carbonyl (C=O) groups is 1. The van der Waals surface area contributed by atoms with Crippen molar-refractivity contribution in [3.63, 3.8) is 0 Å². The van der Waals surface area contributed by atoms with Crippen LogP contribution in [-0.4, -0.2) is 30.4 Å². The third-order valence-electron chi connectivity index (χ3n) is 4.69. The third kappa shape index (κ3) is 4.75. The fourth-order valence-corrected chi connectivity index (χ4v) is 3.22. The van der Waals surface area contributed by atoms with Crippen LogP contribution in [0, 0.1) is 0 Å². The van der Waals surface area contributed by atoms with Gasteiger partial charge in [0.1, 0.15) is 0 Å². The van der Waals surface area contributed by atoms with Crippen LogP contribution >= 0.6 is 0 Å². The van der Waals surface area contributed by atoms with Crippen molar-refractivity contribution in [2.45, 2.75) is 44.7 Å². The molecule has 27 heavy (non-hydrogen) atoms. The SMILES string of the molecule is COC(=O)c1ccccc1CCC(O)c1cccc([C@H]2OCC(C)(C)O2)c1. The van der Waals surface area contributed by atoms with Crippen LogP contribution in [0.15, 0.2) is 48.5 Å². The summed E-state index contributed by atoms with van der Waals surface area (Å²) in [5, 5.41) is 10.6. The summed E-state index contributed by atoms with van der Waals surface area (Å²) in [7, 11) is 1.37. The van der Waals surface area contributed by atoms with Crippen LogP contribution in [0.5, 0.6) is 0 Å². The maximum atomic E-state index is 11.9. The minimum absolute atomic E-state index is 0.309. The summed E-state index contributed by atoms with van der Waals surface area (Å²) >= 11 is 0. The topological polar surface area (TPSA) is 65.0 Å². The number of aliphatic hydroxyl groups is 1. The molecule has 0 radical (unpaired) electrons. The Morgan fingerprint density at radius 3 is 2.74 bits per heavy atom. The highest BCUT2D eigenvalue weighted by atomic mass is 16.7. The van der Waals surface area contributed by atoms with Crippen LogP contribution in [-0.2, 0) is 20.6 Å². The lowest BCUT2D eigenvalue weighted by Gasteiger charge is -2.18. The second kappa shape index (κ2) is 8.21. The van der Waals surface area contributed by atoms with Gasteiger partial charge in [0.15, 0.2) is 6.29 Å². The number of hydrogen-bond donors (Lipinski definition) is 1. The lowest BCUT2D eigenvalue weighted by Crippen LogP contribution is -2.21. The number of ether oxygens (including phenoxy) is 3. The van der Waals surface area contributed by atoms with E-state index in [1.807, 2.05) is 50.2 Å². The summed E-state index contributed by atoms with van der Waals surface area (Å²) < 4.78 is 16.4. The van der Waals surface area contributed by atoms with E-state index in [-0.39, 0.29) is 11.6 Å². The van der Waals surface area contributed by atoms with Crippen LogP contribution in [0.4, 0.5) is 0 Å². The number of hydrogen-bond acceptors (Lipinski definition) is 5. The summed E-state index contributed by atoms with van der Waals surface area (Å²) in [5.74, 6) is -0.361.